The van der Waals surface area contributed by atoms with Crippen LogP contribution in [0.4, 0.5) is 35.1 Å². The van der Waals surface area contributed by atoms with E-state index in [0.717, 1.165) is 65.6 Å². The van der Waals surface area contributed by atoms with Gasteiger partial charge in [-0.25, -0.2) is 8.78 Å². The smallest absolute Gasteiger partial charge is 0.377 e. The molecule has 580 valence electrons. The average molecular weight is 1490 g/mol. The molecule has 3 aliphatic heterocycles. The average Bonchev–Trinajstić information content (AvgIpc) is 1.75. The van der Waals surface area contributed by atoms with Crippen LogP contribution in [0.3, 0.4) is 0 Å². The van der Waals surface area contributed by atoms with E-state index < -0.39 is 222 Å². The predicted octanol–water partition coefficient (Wildman–Crippen LogP) is 4.71. The van der Waals surface area contributed by atoms with Gasteiger partial charge in [-0.3, -0.25) is 57.5 Å². The van der Waals surface area contributed by atoms with Crippen molar-refractivity contribution in [2.24, 2.45) is 11.8 Å². The highest BCUT2D eigenvalue weighted by molar-refractivity contribution is 6.01. The number of halogens is 8. The third-order valence-corrected chi connectivity index (χ3v) is 21.2. The number of ether oxygens (including phenoxy) is 1. The number of nitrogens with zero attached hydrogens (tertiary/aromatic N) is 9. The summed E-state index contributed by atoms with van der Waals surface area (Å²) in [6, 6.07) is -7.35. The lowest BCUT2D eigenvalue weighted by Crippen LogP contribution is -2.68. The van der Waals surface area contributed by atoms with Crippen molar-refractivity contribution in [2.45, 2.75) is 196 Å². The molecule has 2 bridgehead atoms. The number of carbonyl (C=O) groups excluding carboxylic acids is 12. The lowest BCUT2D eigenvalue weighted by Gasteiger charge is -2.46. The van der Waals surface area contributed by atoms with E-state index in [2.05, 4.69) is 16.0 Å². The first-order chi connectivity index (χ1) is 49.2. The Bertz CT molecular complexity index is 3570. The molecule has 3 N–H and O–H groups in total. The zero-order valence-electron chi connectivity index (χ0n) is 61.5. The van der Waals surface area contributed by atoms with Crippen LogP contribution in [-0.2, 0) is 87.5 Å². The highest BCUT2D eigenvalue weighted by Crippen LogP contribution is 2.40. The van der Waals surface area contributed by atoms with Gasteiger partial charge in [-0.2, -0.15) is 26.3 Å². The lowest BCUT2D eigenvalue weighted by molar-refractivity contribution is -0.157. The quantitative estimate of drug-likeness (QED) is 0.203. The summed E-state index contributed by atoms with van der Waals surface area (Å²) in [5.74, 6) is -15.2. The minimum atomic E-state index is -5.46. The van der Waals surface area contributed by atoms with E-state index in [1.54, 1.807) is 32.9 Å². The highest BCUT2D eigenvalue weighted by Gasteiger charge is 2.54. The number of benzene rings is 2. The van der Waals surface area contributed by atoms with Crippen LogP contribution in [0, 0.1) is 23.5 Å². The van der Waals surface area contributed by atoms with Crippen molar-refractivity contribution in [3.63, 3.8) is 0 Å². The number of rotatable bonds is 11. The van der Waals surface area contributed by atoms with Crippen molar-refractivity contribution in [3.8, 4) is 0 Å². The van der Waals surface area contributed by atoms with Crippen LogP contribution < -0.4 is 16.0 Å². The van der Waals surface area contributed by atoms with Crippen LogP contribution >= 0.6 is 0 Å². The van der Waals surface area contributed by atoms with Crippen LogP contribution in [-0.4, -0.2) is 264 Å². The van der Waals surface area contributed by atoms with Crippen LogP contribution in [0.15, 0.2) is 48.6 Å². The van der Waals surface area contributed by atoms with Gasteiger partial charge < -0.3 is 64.8 Å². The summed E-state index contributed by atoms with van der Waals surface area (Å²) in [4.78, 5) is 188. The van der Waals surface area contributed by atoms with E-state index in [0.29, 0.717) is 50.7 Å². The number of likely N-dealkylation sites (N-methyl/N-ethyl adjacent to an activating group) is 7. The maximum absolute atomic E-state index is 15.4. The Morgan fingerprint density at radius 3 is 1.87 bits per heavy atom. The summed E-state index contributed by atoms with van der Waals surface area (Å²) < 4.78 is 120. The van der Waals surface area contributed by atoms with Crippen molar-refractivity contribution in [2.75, 3.05) is 89.2 Å². The molecule has 10 atom stereocenters. The molecule has 25 nitrogen and oxygen atoms in total. The first-order valence-corrected chi connectivity index (χ1v) is 35.4. The first kappa shape index (κ1) is 83.5. The van der Waals surface area contributed by atoms with Gasteiger partial charge in [-0.15, -0.1) is 0 Å². The number of alkyl halides is 6. The molecule has 0 unspecified atom stereocenters. The summed E-state index contributed by atoms with van der Waals surface area (Å²) in [6.45, 7) is 4.26. The van der Waals surface area contributed by atoms with Gasteiger partial charge in [0.2, 0.25) is 70.9 Å². The van der Waals surface area contributed by atoms with Gasteiger partial charge in [0.1, 0.15) is 71.1 Å². The standard InChI is InChI=1S/C72H98F8N12O13/c1-13-41(3)59-67(102)86(8)40-57(95)88(10)51-23-16-15-19-32-91(66(51)101)54(35-43-24-27-46(28-25-43)71(75,76)77)65(100)85(7)39-55(93)81-50(29-26-44-33-48(73)58(49(74)34-44)72(78,79)80)63(98)92-38-47(105-14-2)36-52(92)62(97)83-70(30-20-31-70)69(104)90(12)60(45-21-17-18-22-45)68(103)89(11)53(64(99)84(5)6)37-56(94)87(9)42(4)61(96)82-59/h15-16,24-25,27-28,33-34,41-42,45,47,50-54,59-60H,13-14,17-23,26,29-32,35-40H2,1-12H3,(H,81,93)(H,82,96)(H,83,97)/b16-15-/t41-,42-,47+,50+,51-,52-,53-,54-,59-,60-/m0/s1. The molecule has 0 radical (unpaired) electrons. The van der Waals surface area contributed by atoms with Crippen molar-refractivity contribution in [1.82, 2.24) is 60.0 Å². The Kier molecular flexibility index (Phi) is 27.9. The Hall–Kier alpha value is -8.78. The maximum atomic E-state index is 15.4. The van der Waals surface area contributed by atoms with E-state index in [4.69, 9.17) is 4.74 Å². The third kappa shape index (κ3) is 19.6. The lowest BCUT2D eigenvalue weighted by atomic mass is 9.74. The second kappa shape index (κ2) is 35.1. The van der Waals surface area contributed by atoms with Gasteiger partial charge in [0.15, 0.2) is 0 Å². The van der Waals surface area contributed by atoms with E-state index in [-0.39, 0.29) is 57.4 Å². The molecule has 2 saturated carbocycles. The zero-order valence-corrected chi connectivity index (χ0v) is 61.5. The summed E-state index contributed by atoms with van der Waals surface area (Å²) in [5, 5.41) is 8.14. The van der Waals surface area contributed by atoms with Crippen LogP contribution in [0.5, 0.6) is 0 Å². The molecule has 12 amide bonds. The van der Waals surface area contributed by atoms with Gasteiger partial charge >= 0.3 is 12.4 Å². The second-order valence-corrected chi connectivity index (χ2v) is 28.5. The molecule has 5 aliphatic rings. The first-order valence-electron chi connectivity index (χ1n) is 35.4. The Morgan fingerprint density at radius 2 is 1.30 bits per heavy atom. The summed E-state index contributed by atoms with van der Waals surface area (Å²) in [5.41, 5.74) is -5.25. The zero-order chi connectivity index (χ0) is 78.1. The normalized spacial score (nSPS) is 26.4. The number of nitrogens with one attached hydrogen (secondary N) is 3. The predicted molar refractivity (Wildman–Crippen MR) is 365 cm³/mol. The number of hydrogen-bond donors (Lipinski definition) is 3. The van der Waals surface area contributed by atoms with Gasteiger partial charge in [0, 0.05) is 88.9 Å². The molecule has 1 spiro atoms. The van der Waals surface area contributed by atoms with Crippen LogP contribution in [0.25, 0.3) is 0 Å². The van der Waals surface area contributed by atoms with Gasteiger partial charge in [0.25, 0.3) is 0 Å². The van der Waals surface area contributed by atoms with E-state index in [9.17, 15) is 55.1 Å². The summed E-state index contributed by atoms with van der Waals surface area (Å²) in [7, 11) is 10.5. The van der Waals surface area contributed by atoms with Crippen LogP contribution in [0.1, 0.15) is 133 Å². The minimum Gasteiger partial charge on any atom is -0.377 e. The Labute approximate surface area is 606 Å². The molecule has 4 fully saturated rings. The third-order valence-electron chi connectivity index (χ3n) is 21.2. The molecule has 105 heavy (non-hydrogen) atoms. The van der Waals surface area contributed by atoms with E-state index >= 15 is 37.5 Å². The van der Waals surface area contributed by atoms with Crippen LogP contribution in [0.2, 0.25) is 0 Å². The Morgan fingerprint density at radius 1 is 0.686 bits per heavy atom. The molecular formula is C72H98F8N12O13. The molecular weight excluding hydrogens is 1390 g/mol. The molecule has 2 aliphatic carbocycles. The highest BCUT2D eigenvalue weighted by atomic mass is 19.4. The minimum absolute atomic E-state index is 0.0345. The van der Waals surface area contributed by atoms with E-state index in [1.165, 1.54) is 66.1 Å². The van der Waals surface area contributed by atoms with Crippen molar-refractivity contribution in [1.29, 1.82) is 0 Å². The molecule has 0 aromatic heterocycles. The molecule has 2 saturated heterocycles. The fraction of sp³-hybridized carbons (Fsp3) is 0.639. The SMILES string of the molecule is CCO[C@@H]1C[C@H]2C(=O)NC3(CCC3)C(=O)N(C)[C@@H](C3CCCC3)C(=O)N(C)[C@H](C(=O)N(C)C)CC(=O)N(C)[C@@H](C)C(=O)N[C@@H]([C@@H](C)CC)C(=O)N(C)CC(=O)N(C)[C@H]3C/C=C\CCN(C3=O)[C@@H](Cc3ccc(C(F)(F)F)cc3)C(=O)N(C)CC(=O)N[C@H](CCc3cc(F)c(C(F)(F)F)c(F)c3)C(=O)N2C1. The molecule has 2 aromatic rings. The number of fused-ring (bicyclic) bond motifs is 3. The molecule has 7 rings (SSSR count). The van der Waals surface area contributed by atoms with Gasteiger partial charge in [0.05, 0.1) is 31.2 Å². The van der Waals surface area contributed by atoms with Crippen molar-refractivity contribution in [3.05, 3.63) is 82.4 Å². The topological polar surface area (TPSA) is 279 Å². The second-order valence-electron chi connectivity index (χ2n) is 28.5. The Balaban J connectivity index is 1.33. The van der Waals surface area contributed by atoms with Crippen molar-refractivity contribution < 1.29 is 97.4 Å². The summed E-state index contributed by atoms with van der Waals surface area (Å²) >= 11 is 0. The number of carbonyl (C=O) groups is 12. The monoisotopic (exact) mass is 1490 g/mol. The molecule has 33 heteroatoms. The largest absolute Gasteiger partial charge is 0.422 e. The van der Waals surface area contributed by atoms with Gasteiger partial charge in [-0.05, 0) is 119 Å². The van der Waals surface area contributed by atoms with Gasteiger partial charge in [-0.1, -0.05) is 57.4 Å². The molecule has 3 heterocycles. The fourth-order valence-electron chi connectivity index (χ4n) is 14.4. The number of hydrogen-bond acceptors (Lipinski definition) is 13. The number of aryl methyl sites for hydroxylation is 1. The molecule has 2 aromatic carbocycles. The summed E-state index contributed by atoms with van der Waals surface area (Å²) in [6.07, 6.45) is -7.50. The fourth-order valence-corrected chi connectivity index (χ4v) is 14.4. The van der Waals surface area contributed by atoms with Crippen molar-refractivity contribution >= 4 is 70.9 Å². The number of amides is 12. The maximum Gasteiger partial charge on any atom is 0.422 e. The van der Waals surface area contributed by atoms with E-state index in [1.807, 2.05) is 0 Å².